The molecule has 3 heterocycles. The molecule has 0 bridgehead atoms. The maximum Gasteiger partial charge on any atom is 0.320 e. The second-order valence-corrected chi connectivity index (χ2v) is 20.3. The van der Waals surface area contributed by atoms with Crippen molar-refractivity contribution in [3.05, 3.63) is 263 Å². The molecule has 4 aliphatic carbocycles. The Bertz CT molecular complexity index is 3400. The third kappa shape index (κ3) is 15.6. The Hall–Kier alpha value is -7.68. The van der Waals surface area contributed by atoms with Crippen LogP contribution in [0.2, 0.25) is 0 Å². The van der Waals surface area contributed by atoms with Crippen molar-refractivity contribution in [1.29, 1.82) is 0 Å². The summed E-state index contributed by atoms with van der Waals surface area (Å²) in [4.78, 5) is 60.1. The molecule has 3 N–H and O–H groups in total. The molecule has 19 heteroatoms. The van der Waals surface area contributed by atoms with Crippen LogP contribution in [0.15, 0.2) is 207 Å². The lowest BCUT2D eigenvalue weighted by molar-refractivity contribution is -0.146. The van der Waals surface area contributed by atoms with Crippen LogP contribution in [0.3, 0.4) is 0 Å². The summed E-state index contributed by atoms with van der Waals surface area (Å²) in [5, 5.41) is 18.8. The fraction of sp³-hybridized carbons (Fsp3) is 0.227. The molecular weight excluding hydrogens is 1160 g/mol. The Morgan fingerprint density at radius 1 is 0.447 bits per heavy atom. The van der Waals surface area contributed by atoms with Gasteiger partial charge in [0.2, 0.25) is 0 Å². The molecule has 0 saturated carbocycles. The number of carbonyl (C=O) groups is 4. The molecule has 1 amide bonds. The van der Waals surface area contributed by atoms with Crippen molar-refractivity contribution in [2.75, 3.05) is 14.2 Å². The topological polar surface area (TPSA) is 178 Å². The molecule has 85 heavy (non-hydrogen) atoms. The molecule has 12 nitrogen and oxygen atoms in total. The summed E-state index contributed by atoms with van der Waals surface area (Å²) >= 11 is 0. The lowest BCUT2D eigenvalue weighted by Gasteiger charge is -2.25. The van der Waals surface area contributed by atoms with Crippen LogP contribution in [-0.4, -0.2) is 63.3 Å². The molecule has 0 fully saturated rings. The van der Waals surface area contributed by atoms with Gasteiger partial charge in [-0.25, -0.2) is 18.7 Å². The lowest BCUT2D eigenvalue weighted by Crippen LogP contribution is -2.40. The minimum absolute atomic E-state index is 0. The summed E-state index contributed by atoms with van der Waals surface area (Å²) in [6.07, 6.45) is 20.9. The van der Waals surface area contributed by atoms with Crippen LogP contribution < -0.4 is 5.48 Å². The molecule has 7 aromatic rings. The van der Waals surface area contributed by atoms with E-state index in [9.17, 15) is 37.5 Å². The number of nitrogens with zero attached hydrogens (tertiary/aromatic N) is 3. The van der Waals surface area contributed by atoms with Crippen molar-refractivity contribution in [1.82, 2.24) is 20.4 Å². The Balaban J connectivity index is 0.000000241. The van der Waals surface area contributed by atoms with Gasteiger partial charge in [0.25, 0.3) is 5.91 Å². The number of hydrogen-bond donors (Lipinski definition) is 3. The quantitative estimate of drug-likeness (QED) is 0.0486. The molecule has 0 aliphatic heterocycles. The summed E-state index contributed by atoms with van der Waals surface area (Å²) in [5.41, 5.74) is 7.73. The van der Waals surface area contributed by atoms with Crippen molar-refractivity contribution >= 4 is 94.5 Å². The number of rotatable bonds is 11. The van der Waals surface area contributed by atoms with Crippen LogP contribution in [0.5, 0.6) is 0 Å². The number of benzene rings is 4. The van der Waals surface area contributed by atoms with Gasteiger partial charge >= 0.3 is 17.9 Å². The first-order valence-corrected chi connectivity index (χ1v) is 26.3. The van der Waals surface area contributed by atoms with Crippen molar-refractivity contribution in [2.24, 2.45) is 0 Å². The molecule has 4 aromatic carbocycles. The second-order valence-electron chi connectivity index (χ2n) is 20.3. The average Bonchev–Trinajstić information content (AvgIpc) is 2.22. The molecule has 0 spiro atoms. The van der Waals surface area contributed by atoms with Crippen molar-refractivity contribution in [3.8, 4) is 0 Å². The molecule has 0 saturated heterocycles. The van der Waals surface area contributed by atoms with E-state index < -0.39 is 45.2 Å². The summed E-state index contributed by atoms with van der Waals surface area (Å²) in [6.45, 7) is 2.06. The Kier molecular flexibility index (Phi) is 25.8. The van der Waals surface area contributed by atoms with Gasteiger partial charge in [-0.3, -0.25) is 39.3 Å². The first-order chi connectivity index (χ1) is 39.1. The van der Waals surface area contributed by atoms with Crippen LogP contribution >= 0.6 is 54.0 Å². The van der Waals surface area contributed by atoms with E-state index in [2.05, 4.69) is 21.9 Å². The van der Waals surface area contributed by atoms with Gasteiger partial charge in [-0.1, -0.05) is 151 Å². The first kappa shape index (κ1) is 69.8. The fourth-order valence-electron chi connectivity index (χ4n) is 11.2. The second kappa shape index (κ2) is 31.5. The molecule has 0 unspecified atom stereocenters. The monoisotopic (exact) mass is 1230 g/mol. The number of allylic oxidation sites excluding steroid dienone is 4. The van der Waals surface area contributed by atoms with Crippen LogP contribution in [0.4, 0.5) is 13.2 Å². The summed E-state index contributed by atoms with van der Waals surface area (Å²) in [7, 11) is 2.84. The third-order valence-electron chi connectivity index (χ3n) is 15.4. The number of methoxy groups -OCH3 is 2. The van der Waals surface area contributed by atoms with E-state index in [0.29, 0.717) is 55.2 Å². The van der Waals surface area contributed by atoms with Gasteiger partial charge in [0, 0.05) is 18.6 Å². The number of carbonyl (C=O) groups excluding carboxylic acids is 3. The standard InChI is InChI=1S/C18H16FNO2.C17H15FN2O2.C17H14FNO2.C14H16O2.4H2S/c1-22-17(21)18(15-5-3-2-4-6-15)8-7-13(10-18)14-9-16(19)12-20-11-14;18-15-8-13(10-19-11-15)12-6-7-17(9-12,16(21)20-22)14-4-2-1-3-5-14;18-15-8-13(10-19-11-15)12-6-7-17(9-12,16(20)21)14-4-2-1-3-5-14;1-11-8-9-14(10-11,13(15)16-2)12-6-4-3-5-7-12;;;;/h2-6,9-12H,7-8H2,1H3;1-5,8-11,22H,6-7H2,(H,20,21);1-5,8-11H,6-7H2,(H,20,21);3-7,10H,8-9H2,1-2H3;4*1H2/t18-;2*17-;14-;;;;/m0000..../s1. The highest BCUT2D eigenvalue weighted by molar-refractivity contribution is 7.59. The normalized spacial score (nSPS) is 20.4. The van der Waals surface area contributed by atoms with Gasteiger partial charge in [0.05, 0.1) is 38.2 Å². The van der Waals surface area contributed by atoms with Gasteiger partial charge in [-0.05, 0) is 132 Å². The summed E-state index contributed by atoms with van der Waals surface area (Å²) in [6, 6.07) is 42.0. The zero-order valence-electron chi connectivity index (χ0n) is 47.0. The van der Waals surface area contributed by atoms with E-state index in [-0.39, 0.29) is 71.7 Å². The zero-order valence-corrected chi connectivity index (χ0v) is 51.0. The molecule has 446 valence electrons. The minimum atomic E-state index is -1.04. The molecule has 4 aliphatic rings. The highest BCUT2D eigenvalue weighted by Crippen LogP contribution is 2.46. The Morgan fingerprint density at radius 2 is 0.741 bits per heavy atom. The number of aliphatic carboxylic acids is 1. The van der Waals surface area contributed by atoms with Gasteiger partial charge in [0.1, 0.15) is 33.7 Å². The van der Waals surface area contributed by atoms with Gasteiger partial charge < -0.3 is 14.6 Å². The molecular formula is C66H69F3N4O8S4. The predicted molar refractivity (Wildman–Crippen MR) is 343 cm³/mol. The van der Waals surface area contributed by atoms with E-state index in [1.807, 2.05) is 133 Å². The van der Waals surface area contributed by atoms with Crippen LogP contribution in [-0.2, 0) is 50.3 Å². The van der Waals surface area contributed by atoms with E-state index in [1.54, 1.807) is 36.2 Å². The average molecular weight is 1230 g/mol. The third-order valence-corrected chi connectivity index (χ3v) is 15.4. The number of nitrogens with one attached hydrogen (secondary N) is 1. The van der Waals surface area contributed by atoms with Gasteiger partial charge in [-0.15, -0.1) is 0 Å². The first-order valence-electron chi connectivity index (χ1n) is 26.3. The van der Waals surface area contributed by atoms with Crippen LogP contribution in [0, 0.1) is 17.5 Å². The van der Waals surface area contributed by atoms with E-state index in [0.717, 1.165) is 64.2 Å². The number of carboxylic acids is 1. The predicted octanol–water partition coefficient (Wildman–Crippen LogP) is 13.1. The summed E-state index contributed by atoms with van der Waals surface area (Å²) in [5.74, 6) is -3.03. The molecule has 0 radical (unpaired) electrons. The fourth-order valence-corrected chi connectivity index (χ4v) is 11.2. The van der Waals surface area contributed by atoms with Gasteiger partial charge in [0.15, 0.2) is 0 Å². The maximum absolute atomic E-state index is 13.4. The van der Waals surface area contributed by atoms with E-state index in [4.69, 9.17) is 14.7 Å². The number of pyridine rings is 3. The number of carboxylic acid groups (broad SMARTS) is 1. The van der Waals surface area contributed by atoms with Gasteiger partial charge in [-0.2, -0.15) is 54.0 Å². The number of amides is 1. The highest BCUT2D eigenvalue weighted by Gasteiger charge is 2.45. The SMILES string of the molecule is COC(=O)[C@]1(c2ccccc2)C=C(C)CC1.COC(=O)[C@]1(c2ccccc2)C=C(c2cncc(F)c2)CC1.O=C(NO)[C@]1(c2ccccc2)C=C(c2cncc(F)c2)CC1.O=C(O)[C@]1(c2ccccc2)C=C(c2cncc(F)c2)CC1.S.S.S.S. The summed E-state index contributed by atoms with van der Waals surface area (Å²) < 4.78 is 50.0. The van der Waals surface area contributed by atoms with E-state index in [1.165, 1.54) is 44.2 Å². The number of hydroxylamine groups is 1. The highest BCUT2D eigenvalue weighted by atomic mass is 32.1. The number of hydrogen-bond acceptors (Lipinski definition) is 10. The number of ether oxygens (including phenoxy) is 2. The molecule has 3 aromatic heterocycles. The molecule has 11 rings (SSSR count). The van der Waals surface area contributed by atoms with Crippen molar-refractivity contribution < 1.29 is 52.1 Å². The minimum Gasteiger partial charge on any atom is -0.480 e. The Morgan fingerprint density at radius 3 is 1.06 bits per heavy atom. The van der Waals surface area contributed by atoms with Crippen LogP contribution in [0.1, 0.15) is 97.2 Å². The smallest absolute Gasteiger partial charge is 0.320 e. The molecule has 4 atom stereocenters. The van der Waals surface area contributed by atoms with E-state index >= 15 is 0 Å². The Labute approximate surface area is 521 Å². The number of esters is 2. The zero-order chi connectivity index (χ0) is 57.6. The van der Waals surface area contributed by atoms with Crippen molar-refractivity contribution in [3.63, 3.8) is 0 Å². The maximum atomic E-state index is 13.4. The largest absolute Gasteiger partial charge is 0.480 e. The number of halogens is 3. The van der Waals surface area contributed by atoms with Crippen LogP contribution in [0.25, 0.3) is 16.7 Å². The lowest BCUT2D eigenvalue weighted by atomic mass is 9.79. The number of aromatic nitrogens is 3. The van der Waals surface area contributed by atoms with Crippen molar-refractivity contribution in [2.45, 2.75) is 80.0 Å².